The van der Waals surface area contributed by atoms with E-state index in [0.717, 1.165) is 73.8 Å². The minimum Gasteiger partial charge on any atom is -0.464 e. The summed E-state index contributed by atoms with van der Waals surface area (Å²) in [5.74, 6) is 0.821. The highest BCUT2D eigenvalue weighted by atomic mass is 32.2. The van der Waals surface area contributed by atoms with Gasteiger partial charge in [-0.05, 0) is 88.1 Å². The Morgan fingerprint density at radius 1 is 0.756 bits per heavy atom. The van der Waals surface area contributed by atoms with Crippen molar-refractivity contribution < 1.29 is 4.74 Å². The fraction of sp³-hybridized carbons (Fsp3) is 0.0476. The standard InChI is InChI=1S/C42H31NOS/c1-28-12-7-8-25-44-42-34(28)19-11-20-36(42)32-15-9-13-30(26-32)31-14-10-16-33(27-31)43-38(29(2)35-17-3-5-21-39(35)43)23-24-41-37-18-4-6-22-40(37)45-41/h3-5,7-21,23-27H,1-2,6,22H2/b12-7-,25-8-,38-23+,41-24-. The molecule has 2 nitrogen and oxygen atoms in total. The molecule has 0 atom stereocenters. The van der Waals surface area contributed by atoms with Gasteiger partial charge in [0.1, 0.15) is 5.75 Å². The summed E-state index contributed by atoms with van der Waals surface area (Å²) in [6, 6.07) is 32.3. The number of allylic oxidation sites excluding steroid dienone is 9. The van der Waals surface area contributed by atoms with Crippen LogP contribution < -0.4 is 15.3 Å². The molecule has 3 heterocycles. The number of thioether (sulfide) groups is 1. The first-order valence-electron chi connectivity index (χ1n) is 15.3. The topological polar surface area (TPSA) is 14.2 Å². The molecule has 216 valence electrons. The molecule has 0 saturated carbocycles. The second-order valence-electron chi connectivity index (χ2n) is 11.4. The van der Waals surface area contributed by atoms with Gasteiger partial charge in [0.25, 0.3) is 0 Å². The maximum absolute atomic E-state index is 6.13. The van der Waals surface area contributed by atoms with Crippen molar-refractivity contribution in [2.45, 2.75) is 12.8 Å². The van der Waals surface area contributed by atoms with E-state index in [1.165, 1.54) is 20.8 Å². The zero-order valence-electron chi connectivity index (χ0n) is 24.9. The van der Waals surface area contributed by atoms with Crippen molar-refractivity contribution in [3.05, 3.63) is 172 Å². The summed E-state index contributed by atoms with van der Waals surface area (Å²) in [4.78, 5) is 2.84. The Morgan fingerprint density at radius 3 is 2.47 bits per heavy atom. The summed E-state index contributed by atoms with van der Waals surface area (Å²) in [6.45, 7) is 8.79. The van der Waals surface area contributed by atoms with Crippen LogP contribution in [0.4, 0.5) is 0 Å². The lowest BCUT2D eigenvalue weighted by molar-refractivity contribution is 0.481. The number of hydrogen-bond acceptors (Lipinski definition) is 2. The van der Waals surface area contributed by atoms with Crippen LogP contribution in [0, 0.1) is 0 Å². The number of ether oxygens (including phenoxy) is 1. The molecule has 3 aliphatic rings. The van der Waals surface area contributed by atoms with E-state index < -0.39 is 0 Å². The largest absolute Gasteiger partial charge is 0.464 e. The lowest BCUT2D eigenvalue weighted by Gasteiger charge is -2.26. The van der Waals surface area contributed by atoms with Gasteiger partial charge in [-0.25, -0.2) is 0 Å². The molecule has 0 fully saturated rings. The summed E-state index contributed by atoms with van der Waals surface area (Å²) >= 11 is 1.91. The fourth-order valence-corrected chi connectivity index (χ4v) is 7.48. The summed E-state index contributed by atoms with van der Waals surface area (Å²) in [6.07, 6.45) is 18.9. The fourth-order valence-electron chi connectivity index (χ4n) is 6.42. The Morgan fingerprint density at radius 2 is 1.56 bits per heavy atom. The third-order valence-electron chi connectivity index (χ3n) is 8.68. The van der Waals surface area contributed by atoms with Crippen molar-refractivity contribution in [1.29, 1.82) is 0 Å². The minimum atomic E-state index is 0.821. The van der Waals surface area contributed by atoms with E-state index in [4.69, 9.17) is 4.74 Å². The predicted octanol–water partition coefficient (Wildman–Crippen LogP) is 9.87. The smallest absolute Gasteiger partial charge is 0.142 e. The Balaban J connectivity index is 1.23. The number of hydrogen-bond donors (Lipinski definition) is 0. The van der Waals surface area contributed by atoms with Gasteiger partial charge in [0.05, 0.1) is 17.1 Å². The van der Waals surface area contributed by atoms with Crippen LogP contribution in [0.25, 0.3) is 57.1 Å². The lowest BCUT2D eigenvalue weighted by atomic mass is 9.94. The highest BCUT2D eigenvalue weighted by Gasteiger charge is 2.23. The SMILES string of the molecule is C=C1/C=C\C=C/Oc2c1cccc2-c1cccc(-c2cccc(-n3/c(=C/C=C4\SC5=C4C=CCC5)c(=C)c4ccccc43)c2)c1. The van der Waals surface area contributed by atoms with E-state index in [2.05, 4.69) is 133 Å². The first-order chi connectivity index (χ1) is 22.2. The monoisotopic (exact) mass is 597 g/mol. The van der Waals surface area contributed by atoms with Gasteiger partial charge in [0.15, 0.2) is 0 Å². The van der Waals surface area contributed by atoms with E-state index >= 15 is 0 Å². The predicted molar refractivity (Wildman–Crippen MR) is 192 cm³/mol. The van der Waals surface area contributed by atoms with Crippen molar-refractivity contribution in [2.24, 2.45) is 0 Å². The summed E-state index contributed by atoms with van der Waals surface area (Å²) in [7, 11) is 0. The zero-order valence-corrected chi connectivity index (χ0v) is 25.7. The van der Waals surface area contributed by atoms with Gasteiger partial charge < -0.3 is 9.30 Å². The average molecular weight is 598 g/mol. The van der Waals surface area contributed by atoms with Crippen LogP contribution in [0.15, 0.2) is 156 Å². The van der Waals surface area contributed by atoms with Crippen LogP contribution in [0.2, 0.25) is 0 Å². The molecule has 45 heavy (non-hydrogen) atoms. The average Bonchev–Trinajstić information content (AvgIpc) is 3.35. The third-order valence-corrected chi connectivity index (χ3v) is 9.93. The number of fused-ring (bicyclic) bond motifs is 2. The Kier molecular flexibility index (Phi) is 6.89. The highest BCUT2D eigenvalue weighted by molar-refractivity contribution is 8.08. The first kappa shape index (κ1) is 27.3. The molecule has 0 bridgehead atoms. The lowest BCUT2D eigenvalue weighted by Crippen LogP contribution is -2.27. The van der Waals surface area contributed by atoms with E-state index in [9.17, 15) is 0 Å². The molecule has 8 rings (SSSR count). The number of nitrogens with zero attached hydrogens (tertiary/aromatic N) is 1. The molecular weight excluding hydrogens is 567 g/mol. The minimum absolute atomic E-state index is 0.821. The van der Waals surface area contributed by atoms with Crippen LogP contribution in [-0.4, -0.2) is 4.57 Å². The molecule has 0 unspecified atom stereocenters. The van der Waals surface area contributed by atoms with Crippen molar-refractivity contribution in [3.8, 4) is 33.7 Å². The number of para-hydroxylation sites is 2. The molecule has 0 amide bonds. The third kappa shape index (κ3) is 4.86. The van der Waals surface area contributed by atoms with Gasteiger partial charge in [0, 0.05) is 32.3 Å². The second-order valence-corrected chi connectivity index (χ2v) is 12.6. The van der Waals surface area contributed by atoms with Crippen molar-refractivity contribution in [1.82, 2.24) is 4.57 Å². The molecule has 0 saturated heterocycles. The van der Waals surface area contributed by atoms with Gasteiger partial charge in [-0.2, -0.15) is 0 Å². The van der Waals surface area contributed by atoms with Gasteiger partial charge in [-0.1, -0.05) is 116 Å². The van der Waals surface area contributed by atoms with Crippen LogP contribution in [0.1, 0.15) is 18.4 Å². The second kappa shape index (κ2) is 11.4. The summed E-state index contributed by atoms with van der Waals surface area (Å²) < 4.78 is 8.47. The number of rotatable bonds is 4. The van der Waals surface area contributed by atoms with Crippen molar-refractivity contribution in [3.63, 3.8) is 0 Å². The van der Waals surface area contributed by atoms with E-state index in [-0.39, 0.29) is 0 Å². The molecular formula is C42H31NOS. The number of benzene rings is 4. The molecule has 3 heteroatoms. The molecule has 1 aromatic heterocycles. The molecule has 1 aliphatic carbocycles. The molecule has 4 aromatic carbocycles. The van der Waals surface area contributed by atoms with Crippen LogP contribution in [0.3, 0.4) is 0 Å². The maximum Gasteiger partial charge on any atom is 0.142 e. The van der Waals surface area contributed by atoms with Crippen molar-refractivity contribution >= 4 is 40.9 Å². The maximum atomic E-state index is 6.13. The van der Waals surface area contributed by atoms with E-state index in [1.54, 1.807) is 6.26 Å². The van der Waals surface area contributed by atoms with Gasteiger partial charge >= 0.3 is 0 Å². The van der Waals surface area contributed by atoms with Crippen molar-refractivity contribution in [2.75, 3.05) is 0 Å². The zero-order chi connectivity index (χ0) is 30.3. The summed E-state index contributed by atoms with van der Waals surface area (Å²) in [5, 5.41) is 3.31. The Bertz CT molecular complexity index is 2310. The highest BCUT2D eigenvalue weighted by Crippen LogP contribution is 2.49. The van der Waals surface area contributed by atoms with Crippen LogP contribution in [0.5, 0.6) is 5.75 Å². The molecule has 0 N–H and O–H groups in total. The van der Waals surface area contributed by atoms with E-state index in [1.807, 2.05) is 30.0 Å². The quantitative estimate of drug-likeness (QED) is 0.205. The van der Waals surface area contributed by atoms with Gasteiger partial charge in [0.2, 0.25) is 0 Å². The Labute approximate surface area is 267 Å². The molecule has 5 aromatic rings. The first-order valence-corrected chi connectivity index (χ1v) is 16.1. The normalized spacial score (nSPS) is 18.2. The number of aromatic nitrogens is 1. The van der Waals surface area contributed by atoms with Crippen LogP contribution in [-0.2, 0) is 0 Å². The molecule has 0 spiro atoms. The molecule has 2 aliphatic heterocycles. The van der Waals surface area contributed by atoms with Gasteiger partial charge in [-0.15, -0.1) is 0 Å². The Hall–Kier alpha value is -5.25. The van der Waals surface area contributed by atoms with E-state index in [0.29, 0.717) is 0 Å². The van der Waals surface area contributed by atoms with Crippen LogP contribution >= 0.6 is 11.8 Å². The summed E-state index contributed by atoms with van der Waals surface area (Å²) in [5.41, 5.74) is 9.99. The van der Waals surface area contributed by atoms with Gasteiger partial charge in [-0.3, -0.25) is 0 Å². The molecule has 0 radical (unpaired) electrons.